The Morgan fingerprint density at radius 3 is 2.74 bits per heavy atom. The van der Waals surface area contributed by atoms with Gasteiger partial charge in [-0.25, -0.2) is 9.18 Å². The zero-order valence-corrected chi connectivity index (χ0v) is 10.4. The summed E-state index contributed by atoms with van der Waals surface area (Å²) in [5, 5.41) is 8.61. The van der Waals surface area contributed by atoms with Crippen molar-refractivity contribution in [3.8, 4) is 11.8 Å². The van der Waals surface area contributed by atoms with Crippen LogP contribution in [0.15, 0.2) is 41.5 Å². The van der Waals surface area contributed by atoms with Gasteiger partial charge in [-0.05, 0) is 31.9 Å². The van der Waals surface area contributed by atoms with E-state index in [0.717, 1.165) is 12.5 Å². The van der Waals surface area contributed by atoms with Crippen LogP contribution < -0.4 is 4.74 Å². The number of esters is 1. The summed E-state index contributed by atoms with van der Waals surface area (Å²) < 4.78 is 18.4. The van der Waals surface area contributed by atoms with E-state index in [9.17, 15) is 9.18 Å². The van der Waals surface area contributed by atoms with Crippen LogP contribution in [0.5, 0.6) is 5.75 Å². The Bertz CT molecular complexity index is 624. The molecule has 4 heteroatoms. The molecule has 0 aromatic heterocycles. The van der Waals surface area contributed by atoms with Crippen molar-refractivity contribution in [1.82, 2.24) is 0 Å². The third kappa shape index (κ3) is 3.08. The molecule has 0 heterocycles. The summed E-state index contributed by atoms with van der Waals surface area (Å²) >= 11 is 0. The molecule has 0 unspecified atom stereocenters. The van der Waals surface area contributed by atoms with Crippen LogP contribution in [0.3, 0.4) is 0 Å². The first-order valence-corrected chi connectivity index (χ1v) is 5.88. The number of hydrogen-bond donors (Lipinski definition) is 0. The molecule has 0 saturated carbocycles. The standard InChI is InChI=1S/C15H12FNO2/c1-10-2-4-11(5-3-10)15(18)19-13-7-6-12(9-17)14(16)8-13/h2,4,6-8H,3,5H2,1H3. The molecule has 0 spiro atoms. The maximum absolute atomic E-state index is 13.4. The summed E-state index contributed by atoms with van der Waals surface area (Å²) in [6.07, 6.45) is 5.04. The molecular weight excluding hydrogens is 245 g/mol. The van der Waals surface area contributed by atoms with E-state index in [1.807, 2.05) is 13.0 Å². The van der Waals surface area contributed by atoms with Crippen LogP contribution in [-0.2, 0) is 4.79 Å². The summed E-state index contributed by atoms with van der Waals surface area (Å²) in [7, 11) is 0. The highest BCUT2D eigenvalue weighted by molar-refractivity contribution is 5.90. The van der Waals surface area contributed by atoms with Gasteiger partial charge in [0.1, 0.15) is 17.6 Å². The molecule has 96 valence electrons. The van der Waals surface area contributed by atoms with Crippen molar-refractivity contribution in [2.75, 3.05) is 0 Å². The Morgan fingerprint density at radius 1 is 1.37 bits per heavy atom. The topological polar surface area (TPSA) is 50.1 Å². The minimum absolute atomic E-state index is 0.0739. The van der Waals surface area contributed by atoms with Gasteiger partial charge in [0.15, 0.2) is 0 Å². The van der Waals surface area contributed by atoms with Crippen LogP contribution in [-0.4, -0.2) is 5.97 Å². The predicted molar refractivity (Wildman–Crippen MR) is 67.8 cm³/mol. The van der Waals surface area contributed by atoms with Gasteiger partial charge < -0.3 is 4.74 Å². The first-order chi connectivity index (χ1) is 9.10. The second kappa shape index (κ2) is 5.49. The molecule has 0 bridgehead atoms. The lowest BCUT2D eigenvalue weighted by Crippen LogP contribution is -2.13. The number of allylic oxidation sites excluding steroid dienone is 3. The van der Waals surface area contributed by atoms with Crippen molar-refractivity contribution in [2.45, 2.75) is 19.8 Å². The predicted octanol–water partition coefficient (Wildman–Crippen LogP) is 3.27. The highest BCUT2D eigenvalue weighted by Crippen LogP contribution is 2.21. The van der Waals surface area contributed by atoms with E-state index in [4.69, 9.17) is 10.00 Å². The number of nitrogens with zero attached hydrogens (tertiary/aromatic N) is 1. The maximum Gasteiger partial charge on any atom is 0.339 e. The van der Waals surface area contributed by atoms with Gasteiger partial charge in [-0.2, -0.15) is 5.26 Å². The Balaban J connectivity index is 2.12. The first kappa shape index (κ1) is 13.0. The van der Waals surface area contributed by atoms with Gasteiger partial charge in [-0.3, -0.25) is 0 Å². The van der Waals surface area contributed by atoms with E-state index in [2.05, 4.69) is 0 Å². The van der Waals surface area contributed by atoms with Gasteiger partial charge in [-0.1, -0.05) is 17.7 Å². The SMILES string of the molecule is CC1=CC=C(C(=O)Oc2ccc(C#N)c(F)c2)CC1. The van der Waals surface area contributed by atoms with Crippen LogP contribution in [0.1, 0.15) is 25.3 Å². The number of benzene rings is 1. The third-order valence-electron chi connectivity index (χ3n) is 2.89. The normalized spacial score (nSPS) is 14.2. The Hall–Kier alpha value is -2.41. The van der Waals surface area contributed by atoms with Gasteiger partial charge in [0, 0.05) is 11.6 Å². The number of carbonyl (C=O) groups excluding carboxylic acids is 1. The molecule has 1 aromatic rings. The lowest BCUT2D eigenvalue weighted by molar-refractivity contribution is -0.130. The van der Waals surface area contributed by atoms with E-state index >= 15 is 0 Å². The Labute approximate surface area is 110 Å². The minimum atomic E-state index is -0.693. The molecule has 0 N–H and O–H groups in total. The van der Waals surface area contributed by atoms with E-state index in [-0.39, 0.29) is 11.3 Å². The van der Waals surface area contributed by atoms with Gasteiger partial charge in [0.05, 0.1) is 5.56 Å². The first-order valence-electron chi connectivity index (χ1n) is 5.88. The highest BCUT2D eigenvalue weighted by atomic mass is 19.1. The Kier molecular flexibility index (Phi) is 3.76. The molecule has 3 nitrogen and oxygen atoms in total. The third-order valence-corrected chi connectivity index (χ3v) is 2.89. The molecule has 0 amide bonds. The van der Waals surface area contributed by atoms with Crippen LogP contribution in [0.4, 0.5) is 4.39 Å². The van der Waals surface area contributed by atoms with Crippen LogP contribution in [0, 0.1) is 17.1 Å². The lowest BCUT2D eigenvalue weighted by atomic mass is 10.00. The molecule has 0 saturated heterocycles. The molecule has 1 aliphatic carbocycles. The van der Waals surface area contributed by atoms with E-state index in [1.165, 1.54) is 17.7 Å². The smallest absolute Gasteiger partial charge is 0.339 e. The van der Waals surface area contributed by atoms with Crippen molar-refractivity contribution in [2.24, 2.45) is 0 Å². The minimum Gasteiger partial charge on any atom is -0.423 e. The lowest BCUT2D eigenvalue weighted by Gasteiger charge is -2.11. The number of ether oxygens (including phenoxy) is 1. The average Bonchev–Trinajstić information content (AvgIpc) is 2.39. The summed E-state index contributed by atoms with van der Waals surface area (Å²) in [4.78, 5) is 11.8. The summed E-state index contributed by atoms with van der Waals surface area (Å²) in [6.45, 7) is 1.99. The number of hydrogen-bond acceptors (Lipinski definition) is 3. The molecule has 0 radical (unpaired) electrons. The Morgan fingerprint density at radius 2 is 2.16 bits per heavy atom. The second-order valence-corrected chi connectivity index (χ2v) is 4.35. The quantitative estimate of drug-likeness (QED) is 0.603. The molecule has 0 atom stereocenters. The fraction of sp³-hybridized carbons (Fsp3) is 0.200. The van der Waals surface area contributed by atoms with E-state index in [1.54, 1.807) is 12.1 Å². The number of nitriles is 1. The molecule has 0 aliphatic heterocycles. The van der Waals surface area contributed by atoms with Crippen molar-refractivity contribution in [3.63, 3.8) is 0 Å². The zero-order valence-electron chi connectivity index (χ0n) is 10.4. The maximum atomic E-state index is 13.4. The zero-order chi connectivity index (χ0) is 13.8. The summed E-state index contributed by atoms with van der Waals surface area (Å²) in [5.41, 5.74) is 1.70. The summed E-state index contributed by atoms with van der Waals surface area (Å²) in [5.74, 6) is -1.07. The largest absolute Gasteiger partial charge is 0.423 e. The van der Waals surface area contributed by atoms with Crippen LogP contribution in [0.25, 0.3) is 0 Å². The second-order valence-electron chi connectivity index (χ2n) is 4.35. The molecule has 1 aromatic carbocycles. The van der Waals surface area contributed by atoms with Crippen LogP contribution in [0.2, 0.25) is 0 Å². The molecular formula is C15H12FNO2. The van der Waals surface area contributed by atoms with Crippen molar-refractivity contribution >= 4 is 5.97 Å². The molecule has 0 fully saturated rings. The fourth-order valence-electron chi connectivity index (χ4n) is 1.73. The average molecular weight is 257 g/mol. The summed E-state index contributed by atoms with van der Waals surface area (Å²) in [6, 6.07) is 5.45. The van der Waals surface area contributed by atoms with E-state index < -0.39 is 11.8 Å². The van der Waals surface area contributed by atoms with Crippen molar-refractivity contribution < 1.29 is 13.9 Å². The van der Waals surface area contributed by atoms with Gasteiger partial charge >= 0.3 is 5.97 Å². The molecule has 19 heavy (non-hydrogen) atoms. The number of carbonyl (C=O) groups is 1. The van der Waals surface area contributed by atoms with Gasteiger partial charge in [0.25, 0.3) is 0 Å². The molecule has 1 aliphatic rings. The number of halogens is 1. The fourth-order valence-corrected chi connectivity index (χ4v) is 1.73. The van der Waals surface area contributed by atoms with Gasteiger partial charge in [0.2, 0.25) is 0 Å². The number of rotatable bonds is 2. The van der Waals surface area contributed by atoms with E-state index in [0.29, 0.717) is 12.0 Å². The highest BCUT2D eigenvalue weighted by Gasteiger charge is 2.15. The van der Waals surface area contributed by atoms with Crippen molar-refractivity contribution in [1.29, 1.82) is 5.26 Å². The van der Waals surface area contributed by atoms with Crippen molar-refractivity contribution in [3.05, 3.63) is 52.9 Å². The monoisotopic (exact) mass is 257 g/mol. The van der Waals surface area contributed by atoms with Crippen LogP contribution >= 0.6 is 0 Å². The molecule has 2 rings (SSSR count). The van der Waals surface area contributed by atoms with Gasteiger partial charge in [-0.15, -0.1) is 0 Å².